The van der Waals surface area contributed by atoms with E-state index in [2.05, 4.69) is 20.6 Å². The molecule has 0 aliphatic carbocycles. The molecule has 242 valence electrons. The number of carbonyl (C=O) groups excluding carboxylic acids is 2. The van der Waals surface area contributed by atoms with Crippen LogP contribution in [0.2, 0.25) is 0 Å². The average Bonchev–Trinajstić information content (AvgIpc) is 3.41. The van der Waals surface area contributed by atoms with Crippen LogP contribution in [0, 0.1) is 23.3 Å². The van der Waals surface area contributed by atoms with Gasteiger partial charge in [0.1, 0.15) is 46.8 Å². The van der Waals surface area contributed by atoms with E-state index < -0.39 is 59.2 Å². The lowest BCUT2D eigenvalue weighted by molar-refractivity contribution is -0.123. The Labute approximate surface area is 258 Å². The predicted octanol–water partition coefficient (Wildman–Crippen LogP) is 3.91. The van der Waals surface area contributed by atoms with E-state index in [0.717, 1.165) is 16.7 Å². The third kappa shape index (κ3) is 8.08. The summed E-state index contributed by atoms with van der Waals surface area (Å²) in [4.78, 5) is 57.2. The molecular weight excluding hydrogens is 616 g/mol. The molecule has 0 radical (unpaired) electrons. The Hall–Kier alpha value is -5.67. The molecule has 2 heterocycles. The standard InChI is InChI=1S/C30H28F4N6O6/c1-39(2)24(41)8-4-3-6-21(36-30(44)45)28(42)35-22-7-5-11-40(29(22)43)14-23-37-25-19(33)13-20(34)27(26(25)38-23)46-15-16-9-10-17(31)12-18(16)32/h4-5,7-13,21,36H,3,6,14-15H2,1-2H3,(H,35,42)(H,37,38)(H,44,45). The summed E-state index contributed by atoms with van der Waals surface area (Å²) in [6.45, 7) is -0.818. The normalized spacial score (nSPS) is 11.9. The van der Waals surface area contributed by atoms with Gasteiger partial charge in [0.25, 0.3) is 5.56 Å². The quantitative estimate of drug-likeness (QED) is 0.135. The lowest BCUT2D eigenvalue weighted by Gasteiger charge is -2.16. The molecule has 0 bridgehead atoms. The van der Waals surface area contributed by atoms with E-state index in [1.165, 1.54) is 35.4 Å². The lowest BCUT2D eigenvalue weighted by atomic mass is 10.1. The Morgan fingerprint density at radius 1 is 1.11 bits per heavy atom. The maximum absolute atomic E-state index is 14.7. The Morgan fingerprint density at radius 3 is 2.57 bits per heavy atom. The summed E-state index contributed by atoms with van der Waals surface area (Å²) in [5.41, 5.74) is -1.56. The molecular formula is C30H28F4N6O6. The highest BCUT2D eigenvalue weighted by Crippen LogP contribution is 2.30. The number of imidazole rings is 1. The Morgan fingerprint density at radius 2 is 1.87 bits per heavy atom. The second kappa shape index (κ2) is 14.4. The number of ether oxygens (including phenoxy) is 1. The van der Waals surface area contributed by atoms with Gasteiger partial charge in [0.2, 0.25) is 11.8 Å². The first kappa shape index (κ1) is 33.2. The number of amides is 3. The van der Waals surface area contributed by atoms with E-state index in [1.54, 1.807) is 14.1 Å². The van der Waals surface area contributed by atoms with E-state index in [1.807, 2.05) is 0 Å². The van der Waals surface area contributed by atoms with E-state index in [4.69, 9.17) is 4.74 Å². The van der Waals surface area contributed by atoms with Crippen LogP contribution in [-0.4, -0.2) is 62.6 Å². The van der Waals surface area contributed by atoms with Gasteiger partial charge >= 0.3 is 6.09 Å². The molecule has 0 fully saturated rings. The third-order valence-corrected chi connectivity index (χ3v) is 6.60. The molecule has 12 nitrogen and oxygen atoms in total. The first-order valence-electron chi connectivity index (χ1n) is 13.6. The van der Waals surface area contributed by atoms with Gasteiger partial charge in [-0.3, -0.25) is 14.4 Å². The first-order valence-corrected chi connectivity index (χ1v) is 13.6. The van der Waals surface area contributed by atoms with Gasteiger partial charge in [0, 0.05) is 38.0 Å². The number of carbonyl (C=O) groups is 3. The fourth-order valence-electron chi connectivity index (χ4n) is 4.27. The molecule has 0 saturated heterocycles. The van der Waals surface area contributed by atoms with Gasteiger partial charge in [-0.25, -0.2) is 27.3 Å². The number of aromatic amines is 1. The number of likely N-dealkylation sites (N-methyl/N-ethyl adjacent to an activating group) is 1. The highest BCUT2D eigenvalue weighted by Gasteiger charge is 2.22. The number of carboxylic acid groups (broad SMARTS) is 1. The molecule has 2 aromatic carbocycles. The minimum atomic E-state index is -1.47. The van der Waals surface area contributed by atoms with Crippen molar-refractivity contribution in [2.24, 2.45) is 0 Å². The van der Waals surface area contributed by atoms with Crippen LogP contribution in [0.3, 0.4) is 0 Å². The average molecular weight is 645 g/mol. The minimum Gasteiger partial charge on any atom is -0.483 e. The van der Waals surface area contributed by atoms with Crippen molar-refractivity contribution in [1.82, 2.24) is 24.8 Å². The molecule has 16 heteroatoms. The number of nitrogens with zero attached hydrogens (tertiary/aromatic N) is 3. The molecule has 0 saturated carbocycles. The monoisotopic (exact) mass is 644 g/mol. The number of hydrogen-bond acceptors (Lipinski definition) is 6. The van der Waals surface area contributed by atoms with Gasteiger partial charge in [0.15, 0.2) is 17.4 Å². The number of halogens is 4. The second-order valence-electron chi connectivity index (χ2n) is 10.2. The fourth-order valence-corrected chi connectivity index (χ4v) is 4.27. The van der Waals surface area contributed by atoms with Crippen LogP contribution in [-0.2, 0) is 22.7 Å². The van der Waals surface area contributed by atoms with E-state index in [9.17, 15) is 41.8 Å². The number of fused-ring (bicyclic) bond motifs is 1. The van der Waals surface area contributed by atoms with Crippen molar-refractivity contribution in [3.63, 3.8) is 0 Å². The zero-order valence-corrected chi connectivity index (χ0v) is 24.4. The summed E-state index contributed by atoms with van der Waals surface area (Å²) < 4.78 is 63.1. The van der Waals surface area contributed by atoms with Gasteiger partial charge in [-0.15, -0.1) is 0 Å². The molecule has 4 rings (SSSR count). The molecule has 0 aliphatic rings. The minimum absolute atomic E-state index is 0.00707. The maximum Gasteiger partial charge on any atom is 0.405 e. The highest BCUT2D eigenvalue weighted by molar-refractivity contribution is 5.96. The number of nitrogens with one attached hydrogen (secondary N) is 3. The molecule has 1 atom stereocenters. The predicted molar refractivity (Wildman–Crippen MR) is 157 cm³/mol. The summed E-state index contributed by atoms with van der Waals surface area (Å²) in [5, 5.41) is 13.6. The van der Waals surface area contributed by atoms with Gasteiger partial charge in [-0.05, 0) is 43.2 Å². The summed E-state index contributed by atoms with van der Waals surface area (Å²) >= 11 is 0. The van der Waals surface area contributed by atoms with Crippen molar-refractivity contribution in [3.05, 3.63) is 99.8 Å². The van der Waals surface area contributed by atoms with Crippen molar-refractivity contribution in [1.29, 1.82) is 0 Å². The maximum atomic E-state index is 14.7. The fraction of sp³-hybridized carbons (Fsp3) is 0.233. The summed E-state index contributed by atoms with van der Waals surface area (Å²) in [6, 6.07) is 4.73. The Kier molecular flexibility index (Phi) is 10.4. The molecule has 46 heavy (non-hydrogen) atoms. The van der Waals surface area contributed by atoms with Gasteiger partial charge in [-0.1, -0.05) is 6.08 Å². The van der Waals surface area contributed by atoms with Crippen LogP contribution in [0.25, 0.3) is 11.0 Å². The number of aromatic nitrogens is 3. The molecule has 3 amide bonds. The smallest absolute Gasteiger partial charge is 0.405 e. The Balaban J connectivity index is 1.52. The first-order chi connectivity index (χ1) is 21.8. The third-order valence-electron chi connectivity index (χ3n) is 6.60. The number of hydrogen-bond donors (Lipinski definition) is 4. The van der Waals surface area contributed by atoms with E-state index in [-0.39, 0.29) is 53.4 Å². The molecule has 0 spiro atoms. The number of anilines is 1. The van der Waals surface area contributed by atoms with Gasteiger partial charge < -0.3 is 34.9 Å². The summed E-state index contributed by atoms with van der Waals surface area (Å²) in [5.74, 6) is -5.52. The number of rotatable bonds is 12. The number of benzene rings is 2. The van der Waals surface area contributed by atoms with Crippen LogP contribution >= 0.6 is 0 Å². The van der Waals surface area contributed by atoms with Gasteiger partial charge in [-0.2, -0.15) is 0 Å². The summed E-state index contributed by atoms with van der Waals surface area (Å²) in [7, 11) is 3.11. The largest absolute Gasteiger partial charge is 0.483 e. The lowest BCUT2D eigenvalue weighted by Crippen LogP contribution is -2.44. The summed E-state index contributed by atoms with van der Waals surface area (Å²) in [6.07, 6.45) is 2.79. The van der Waals surface area contributed by atoms with Crippen LogP contribution in [0.1, 0.15) is 24.2 Å². The van der Waals surface area contributed by atoms with Crippen LogP contribution < -0.4 is 20.9 Å². The van der Waals surface area contributed by atoms with Crippen LogP contribution in [0.4, 0.5) is 28.0 Å². The second-order valence-corrected chi connectivity index (χ2v) is 10.2. The number of pyridine rings is 1. The van der Waals surface area contributed by atoms with Crippen LogP contribution in [0.5, 0.6) is 5.75 Å². The van der Waals surface area contributed by atoms with Crippen molar-refractivity contribution in [2.45, 2.75) is 32.0 Å². The number of allylic oxidation sites excluding steroid dienone is 1. The van der Waals surface area contributed by atoms with Crippen molar-refractivity contribution < 1.29 is 41.8 Å². The topological polar surface area (TPSA) is 159 Å². The molecule has 4 N–H and O–H groups in total. The van der Waals surface area contributed by atoms with E-state index in [0.29, 0.717) is 12.1 Å². The van der Waals surface area contributed by atoms with Crippen molar-refractivity contribution in [2.75, 3.05) is 19.4 Å². The number of H-pyrrole nitrogens is 1. The molecule has 4 aromatic rings. The SMILES string of the molecule is CN(C)C(=O)C=CCCC(NC(=O)O)C(=O)Nc1cccn(Cc2nc3c(OCc4ccc(F)cc4F)c(F)cc(F)c3[nH]2)c1=O. The molecule has 1 unspecified atom stereocenters. The highest BCUT2D eigenvalue weighted by atomic mass is 19.1. The molecule has 0 aliphatic heterocycles. The van der Waals surface area contributed by atoms with Crippen molar-refractivity contribution in [3.8, 4) is 5.75 Å². The van der Waals surface area contributed by atoms with Gasteiger partial charge in [0.05, 0.1) is 6.54 Å². The Bertz CT molecular complexity index is 1870. The zero-order valence-electron chi connectivity index (χ0n) is 24.4. The van der Waals surface area contributed by atoms with E-state index >= 15 is 0 Å². The molecule has 2 aromatic heterocycles. The van der Waals surface area contributed by atoms with Crippen molar-refractivity contribution >= 4 is 34.6 Å². The van der Waals surface area contributed by atoms with Crippen LogP contribution in [0.15, 0.2) is 59.5 Å². The zero-order chi connectivity index (χ0) is 33.5.